The van der Waals surface area contributed by atoms with E-state index in [1.807, 2.05) is 18.2 Å². The fraction of sp³-hybridized carbons (Fsp3) is 0.250. The van der Waals surface area contributed by atoms with Crippen LogP contribution in [0.1, 0.15) is 24.1 Å². The highest BCUT2D eigenvalue weighted by Crippen LogP contribution is 2.37. The lowest BCUT2D eigenvalue weighted by Crippen LogP contribution is -2.21. The minimum Gasteiger partial charge on any atom is -0.306 e. The third-order valence-corrected chi connectivity index (χ3v) is 3.96. The standard InChI is InChI=1S/C12H12Cl2N2S/c1-2-16-11(8-3-5-15-6-4-8)9-7-10(13)17-12(9)14/h3-7,11,16H,2H2,1H3. The summed E-state index contributed by atoms with van der Waals surface area (Å²) in [5.74, 6) is 0. The molecule has 0 aromatic carbocycles. The van der Waals surface area contributed by atoms with Gasteiger partial charge in [0.1, 0.15) is 0 Å². The summed E-state index contributed by atoms with van der Waals surface area (Å²) in [6.07, 6.45) is 3.56. The summed E-state index contributed by atoms with van der Waals surface area (Å²) in [7, 11) is 0. The van der Waals surface area contributed by atoms with Gasteiger partial charge in [-0.1, -0.05) is 30.1 Å². The summed E-state index contributed by atoms with van der Waals surface area (Å²) in [5.41, 5.74) is 2.16. The first-order valence-corrected chi connectivity index (χ1v) is 6.87. The molecule has 0 bridgehead atoms. The molecule has 0 saturated carbocycles. The molecule has 2 aromatic rings. The highest BCUT2D eigenvalue weighted by Gasteiger charge is 2.18. The van der Waals surface area contributed by atoms with Crippen molar-refractivity contribution >= 4 is 34.5 Å². The van der Waals surface area contributed by atoms with Crippen LogP contribution in [0.5, 0.6) is 0 Å². The smallest absolute Gasteiger partial charge is 0.0995 e. The Morgan fingerprint density at radius 2 is 2.06 bits per heavy atom. The lowest BCUT2D eigenvalue weighted by atomic mass is 10.0. The van der Waals surface area contributed by atoms with Gasteiger partial charge in [0, 0.05) is 18.0 Å². The van der Waals surface area contributed by atoms with Gasteiger partial charge in [-0.15, -0.1) is 11.3 Å². The molecule has 17 heavy (non-hydrogen) atoms. The monoisotopic (exact) mass is 286 g/mol. The molecule has 2 rings (SSSR count). The molecule has 2 heterocycles. The Bertz CT molecular complexity index is 485. The van der Waals surface area contributed by atoms with Gasteiger partial charge in [0.05, 0.1) is 14.7 Å². The summed E-state index contributed by atoms with van der Waals surface area (Å²) in [6, 6.07) is 5.95. The lowest BCUT2D eigenvalue weighted by molar-refractivity contribution is 0.632. The van der Waals surface area contributed by atoms with Gasteiger partial charge in [-0.25, -0.2) is 0 Å². The van der Waals surface area contributed by atoms with E-state index >= 15 is 0 Å². The van der Waals surface area contributed by atoms with Crippen molar-refractivity contribution in [2.45, 2.75) is 13.0 Å². The van der Waals surface area contributed by atoms with E-state index in [2.05, 4.69) is 17.2 Å². The molecule has 1 atom stereocenters. The predicted molar refractivity (Wildman–Crippen MR) is 74.1 cm³/mol. The van der Waals surface area contributed by atoms with Crippen molar-refractivity contribution < 1.29 is 0 Å². The molecule has 0 spiro atoms. The molecule has 90 valence electrons. The van der Waals surface area contributed by atoms with E-state index in [-0.39, 0.29) is 6.04 Å². The van der Waals surface area contributed by atoms with Crippen molar-refractivity contribution in [2.24, 2.45) is 0 Å². The van der Waals surface area contributed by atoms with E-state index in [0.29, 0.717) is 4.34 Å². The van der Waals surface area contributed by atoms with Crippen LogP contribution in [0.4, 0.5) is 0 Å². The largest absolute Gasteiger partial charge is 0.306 e. The SMILES string of the molecule is CCNC(c1ccncc1)c1cc(Cl)sc1Cl. The predicted octanol–water partition coefficient (Wildman–Crippen LogP) is 4.15. The molecule has 0 saturated heterocycles. The van der Waals surface area contributed by atoms with Crippen molar-refractivity contribution in [1.82, 2.24) is 10.3 Å². The summed E-state index contributed by atoms with van der Waals surface area (Å²) in [5, 5.41) is 3.41. The van der Waals surface area contributed by atoms with Gasteiger partial charge in [-0.3, -0.25) is 4.98 Å². The Morgan fingerprint density at radius 3 is 2.59 bits per heavy atom. The molecule has 1 unspecified atom stereocenters. The topological polar surface area (TPSA) is 24.9 Å². The maximum atomic E-state index is 6.20. The maximum absolute atomic E-state index is 6.20. The van der Waals surface area contributed by atoms with E-state index < -0.39 is 0 Å². The number of nitrogens with one attached hydrogen (secondary N) is 1. The Hall–Kier alpha value is -0.610. The van der Waals surface area contributed by atoms with Crippen LogP contribution in [-0.2, 0) is 0 Å². The van der Waals surface area contributed by atoms with Gasteiger partial charge in [0.2, 0.25) is 0 Å². The quantitative estimate of drug-likeness (QED) is 0.913. The molecule has 0 radical (unpaired) electrons. The first kappa shape index (κ1) is 12.8. The average Bonchev–Trinajstić information content (AvgIpc) is 2.66. The first-order valence-electron chi connectivity index (χ1n) is 5.30. The minimum atomic E-state index is 0.0687. The number of hydrogen-bond acceptors (Lipinski definition) is 3. The zero-order valence-corrected chi connectivity index (χ0v) is 11.6. The molecule has 2 nitrogen and oxygen atoms in total. The van der Waals surface area contributed by atoms with Crippen LogP contribution in [0.25, 0.3) is 0 Å². The summed E-state index contributed by atoms with van der Waals surface area (Å²) >= 11 is 13.6. The molecule has 2 aromatic heterocycles. The van der Waals surface area contributed by atoms with Crippen molar-refractivity contribution in [1.29, 1.82) is 0 Å². The Morgan fingerprint density at radius 1 is 1.35 bits per heavy atom. The highest BCUT2D eigenvalue weighted by atomic mass is 35.5. The molecule has 0 aliphatic heterocycles. The third kappa shape index (κ3) is 2.99. The second kappa shape index (κ2) is 5.83. The Labute approximate surface area is 115 Å². The van der Waals surface area contributed by atoms with Crippen LogP contribution in [0.3, 0.4) is 0 Å². The molecule has 1 N–H and O–H groups in total. The van der Waals surface area contributed by atoms with Gasteiger partial charge in [0.15, 0.2) is 0 Å². The van der Waals surface area contributed by atoms with Gasteiger partial charge >= 0.3 is 0 Å². The molecule has 0 aliphatic carbocycles. The van der Waals surface area contributed by atoms with E-state index in [1.165, 1.54) is 11.3 Å². The first-order chi connectivity index (χ1) is 8.22. The number of pyridine rings is 1. The lowest BCUT2D eigenvalue weighted by Gasteiger charge is -2.17. The molecular formula is C12H12Cl2N2S. The Balaban J connectivity index is 2.39. The van der Waals surface area contributed by atoms with E-state index in [9.17, 15) is 0 Å². The zero-order chi connectivity index (χ0) is 12.3. The van der Waals surface area contributed by atoms with Crippen LogP contribution < -0.4 is 5.32 Å². The number of hydrogen-bond donors (Lipinski definition) is 1. The number of halogens is 2. The second-order valence-corrected chi connectivity index (χ2v) is 5.84. The van der Waals surface area contributed by atoms with Crippen LogP contribution in [0.2, 0.25) is 8.67 Å². The van der Waals surface area contributed by atoms with E-state index in [0.717, 1.165) is 22.0 Å². The van der Waals surface area contributed by atoms with Crippen LogP contribution in [-0.4, -0.2) is 11.5 Å². The minimum absolute atomic E-state index is 0.0687. The average molecular weight is 287 g/mol. The molecular weight excluding hydrogens is 275 g/mol. The molecule has 0 aliphatic rings. The van der Waals surface area contributed by atoms with Crippen molar-refractivity contribution in [2.75, 3.05) is 6.54 Å². The number of aromatic nitrogens is 1. The number of rotatable bonds is 4. The van der Waals surface area contributed by atoms with E-state index in [4.69, 9.17) is 23.2 Å². The fourth-order valence-corrected chi connectivity index (χ4v) is 3.25. The molecule has 0 amide bonds. The van der Waals surface area contributed by atoms with Crippen molar-refractivity contribution in [3.8, 4) is 0 Å². The van der Waals surface area contributed by atoms with Crippen LogP contribution in [0.15, 0.2) is 30.6 Å². The third-order valence-electron chi connectivity index (χ3n) is 2.44. The van der Waals surface area contributed by atoms with Crippen LogP contribution >= 0.6 is 34.5 Å². The van der Waals surface area contributed by atoms with Crippen molar-refractivity contribution in [3.05, 3.63) is 50.4 Å². The normalized spacial score (nSPS) is 12.6. The number of nitrogens with zero attached hydrogens (tertiary/aromatic N) is 1. The van der Waals surface area contributed by atoms with Gasteiger partial charge in [-0.05, 0) is 30.3 Å². The highest BCUT2D eigenvalue weighted by molar-refractivity contribution is 7.20. The Kier molecular flexibility index (Phi) is 4.40. The molecule has 5 heteroatoms. The summed E-state index contributed by atoms with van der Waals surface area (Å²) in [6.45, 7) is 2.92. The van der Waals surface area contributed by atoms with Gasteiger partial charge in [0.25, 0.3) is 0 Å². The second-order valence-electron chi connectivity index (χ2n) is 3.55. The fourth-order valence-electron chi connectivity index (χ4n) is 1.72. The summed E-state index contributed by atoms with van der Waals surface area (Å²) < 4.78 is 1.44. The zero-order valence-electron chi connectivity index (χ0n) is 9.28. The molecule has 0 fully saturated rings. The summed E-state index contributed by atoms with van der Waals surface area (Å²) in [4.78, 5) is 4.02. The maximum Gasteiger partial charge on any atom is 0.0995 e. The number of thiophene rings is 1. The van der Waals surface area contributed by atoms with Crippen LogP contribution in [0, 0.1) is 0 Å². The van der Waals surface area contributed by atoms with Gasteiger partial charge in [-0.2, -0.15) is 0 Å². The van der Waals surface area contributed by atoms with E-state index in [1.54, 1.807) is 12.4 Å². The van der Waals surface area contributed by atoms with Crippen molar-refractivity contribution in [3.63, 3.8) is 0 Å². The van der Waals surface area contributed by atoms with Gasteiger partial charge < -0.3 is 5.32 Å².